The van der Waals surface area contributed by atoms with Gasteiger partial charge in [0.05, 0.1) is 7.57 Å². The first-order valence-electron chi connectivity index (χ1n) is 4.96. The third kappa shape index (κ3) is 4.60. The molecule has 0 aliphatic heterocycles. The lowest BCUT2D eigenvalue weighted by molar-refractivity contribution is 0.519. The summed E-state index contributed by atoms with van der Waals surface area (Å²) in [7, 11) is -1.58. The number of thiophene rings is 1. The molecule has 1 heterocycles. The Morgan fingerprint density at radius 1 is 1.41 bits per heavy atom. The minimum Gasteiger partial charge on any atom is -0.319 e. The molecule has 0 saturated heterocycles. The van der Waals surface area contributed by atoms with Gasteiger partial charge in [-0.2, -0.15) is 0 Å². The highest BCUT2D eigenvalue weighted by atomic mass is 79.9. The van der Waals surface area contributed by atoms with E-state index >= 15 is 0 Å². The zero-order chi connectivity index (χ0) is 13.1. The van der Waals surface area contributed by atoms with E-state index in [0.29, 0.717) is 10.3 Å². The largest absolute Gasteiger partial charge is 0.319 e. The maximum Gasteiger partial charge on any atom is 0.242 e. The minimum atomic E-state index is -3.43. The number of hydrogen-bond donors (Lipinski definition) is 2. The standard InChI is InChI=1S/C9H14Br2N2O2S2/c1-6(4-12-2)5-13-17(14,15)7-3-8(10)16-9(7)11/h3,6,12-13H,4-5H2,1-2H3. The van der Waals surface area contributed by atoms with Crippen molar-refractivity contribution in [1.29, 1.82) is 0 Å². The van der Waals surface area contributed by atoms with Gasteiger partial charge in [0.25, 0.3) is 0 Å². The van der Waals surface area contributed by atoms with Gasteiger partial charge in [0, 0.05) is 6.54 Å². The lowest BCUT2D eigenvalue weighted by Gasteiger charge is -2.11. The summed E-state index contributed by atoms with van der Waals surface area (Å²) in [6, 6.07) is 1.60. The molecule has 0 bridgehead atoms. The first kappa shape index (κ1) is 15.6. The Balaban J connectivity index is 2.73. The molecule has 98 valence electrons. The Morgan fingerprint density at radius 2 is 2.06 bits per heavy atom. The van der Waals surface area contributed by atoms with Gasteiger partial charge in [-0.1, -0.05) is 6.92 Å². The lowest BCUT2D eigenvalue weighted by Crippen LogP contribution is -2.32. The van der Waals surface area contributed by atoms with Crippen LogP contribution in [0.15, 0.2) is 18.5 Å². The smallest absolute Gasteiger partial charge is 0.242 e. The van der Waals surface area contributed by atoms with Crippen LogP contribution in [0.5, 0.6) is 0 Å². The third-order valence-corrected chi connectivity index (χ3v) is 6.27. The SMILES string of the molecule is CNCC(C)CNS(=O)(=O)c1cc(Br)sc1Br. The van der Waals surface area contributed by atoms with E-state index in [1.807, 2.05) is 14.0 Å². The first-order chi connectivity index (χ1) is 7.86. The second kappa shape index (κ2) is 6.63. The molecule has 0 fully saturated rings. The number of halogens is 2. The van der Waals surface area contributed by atoms with Gasteiger partial charge in [-0.05, 0) is 57.4 Å². The summed E-state index contributed by atoms with van der Waals surface area (Å²) in [6.45, 7) is 3.18. The van der Waals surface area contributed by atoms with Crippen molar-refractivity contribution in [3.63, 3.8) is 0 Å². The molecule has 0 aliphatic carbocycles. The maximum absolute atomic E-state index is 12.0. The van der Waals surface area contributed by atoms with E-state index < -0.39 is 10.0 Å². The predicted octanol–water partition coefficient (Wildman–Crippen LogP) is 2.41. The van der Waals surface area contributed by atoms with Crippen molar-refractivity contribution >= 4 is 53.2 Å². The van der Waals surface area contributed by atoms with Crippen LogP contribution in [0.25, 0.3) is 0 Å². The van der Waals surface area contributed by atoms with Crippen LogP contribution in [0.3, 0.4) is 0 Å². The quantitative estimate of drug-likeness (QED) is 0.763. The number of sulfonamides is 1. The molecule has 1 rings (SSSR count). The van der Waals surface area contributed by atoms with E-state index in [9.17, 15) is 8.42 Å². The van der Waals surface area contributed by atoms with Crippen LogP contribution in [0.4, 0.5) is 0 Å². The molecule has 0 radical (unpaired) electrons. The van der Waals surface area contributed by atoms with Crippen LogP contribution in [0, 0.1) is 5.92 Å². The topological polar surface area (TPSA) is 58.2 Å². The van der Waals surface area contributed by atoms with Crippen LogP contribution in [-0.2, 0) is 10.0 Å². The average molecular weight is 406 g/mol. The number of nitrogens with one attached hydrogen (secondary N) is 2. The molecule has 0 aliphatic rings. The monoisotopic (exact) mass is 404 g/mol. The second-order valence-electron chi connectivity index (χ2n) is 3.70. The Labute approximate surface area is 122 Å². The molecule has 1 aromatic heterocycles. The summed E-state index contributed by atoms with van der Waals surface area (Å²) in [5.74, 6) is 0.246. The van der Waals surface area contributed by atoms with E-state index in [-0.39, 0.29) is 10.8 Å². The fraction of sp³-hybridized carbons (Fsp3) is 0.556. The van der Waals surface area contributed by atoms with Crippen molar-refractivity contribution < 1.29 is 8.42 Å². The van der Waals surface area contributed by atoms with Gasteiger partial charge in [-0.15, -0.1) is 11.3 Å². The Kier molecular flexibility index (Phi) is 6.07. The zero-order valence-electron chi connectivity index (χ0n) is 9.46. The molecule has 1 atom stereocenters. The Hall–Kier alpha value is 0.530. The molecule has 0 aromatic carbocycles. The van der Waals surface area contributed by atoms with Gasteiger partial charge in [-0.3, -0.25) is 0 Å². The van der Waals surface area contributed by atoms with Crippen LogP contribution in [0.2, 0.25) is 0 Å². The molecular weight excluding hydrogens is 392 g/mol. The molecule has 0 amide bonds. The van der Waals surface area contributed by atoms with E-state index in [1.54, 1.807) is 6.07 Å². The summed E-state index contributed by atoms with van der Waals surface area (Å²) in [6.07, 6.45) is 0. The van der Waals surface area contributed by atoms with Gasteiger partial charge >= 0.3 is 0 Å². The predicted molar refractivity (Wildman–Crippen MR) is 78.0 cm³/mol. The number of hydrogen-bond acceptors (Lipinski definition) is 4. The summed E-state index contributed by atoms with van der Waals surface area (Å²) in [5.41, 5.74) is 0. The zero-order valence-corrected chi connectivity index (χ0v) is 14.3. The lowest BCUT2D eigenvalue weighted by atomic mass is 10.2. The van der Waals surface area contributed by atoms with Crippen molar-refractivity contribution in [2.75, 3.05) is 20.1 Å². The van der Waals surface area contributed by atoms with Crippen molar-refractivity contribution in [1.82, 2.24) is 10.0 Å². The molecule has 4 nitrogen and oxygen atoms in total. The van der Waals surface area contributed by atoms with Crippen molar-refractivity contribution in [3.8, 4) is 0 Å². The molecule has 1 unspecified atom stereocenters. The second-order valence-corrected chi connectivity index (χ2v) is 9.19. The van der Waals surface area contributed by atoms with Gasteiger partial charge in [-0.25, -0.2) is 13.1 Å². The van der Waals surface area contributed by atoms with E-state index in [1.165, 1.54) is 11.3 Å². The summed E-state index contributed by atoms with van der Waals surface area (Å²) >= 11 is 7.86. The summed E-state index contributed by atoms with van der Waals surface area (Å²) in [5, 5.41) is 3.01. The van der Waals surface area contributed by atoms with Crippen LogP contribution in [-0.4, -0.2) is 28.6 Å². The van der Waals surface area contributed by atoms with E-state index in [2.05, 4.69) is 41.9 Å². The van der Waals surface area contributed by atoms with E-state index in [0.717, 1.165) is 10.3 Å². The Morgan fingerprint density at radius 3 is 2.53 bits per heavy atom. The molecule has 0 saturated carbocycles. The molecular formula is C9H14Br2N2O2S2. The highest BCUT2D eigenvalue weighted by molar-refractivity contribution is 9.12. The fourth-order valence-electron chi connectivity index (χ4n) is 1.26. The number of rotatable bonds is 6. The van der Waals surface area contributed by atoms with Gasteiger partial charge in [0.1, 0.15) is 4.90 Å². The summed E-state index contributed by atoms with van der Waals surface area (Å²) < 4.78 is 28.0. The molecule has 8 heteroatoms. The van der Waals surface area contributed by atoms with E-state index in [4.69, 9.17) is 0 Å². The Bertz CT molecular complexity index is 473. The normalized spacial score (nSPS) is 13.9. The van der Waals surface area contributed by atoms with Crippen LogP contribution < -0.4 is 10.0 Å². The van der Waals surface area contributed by atoms with Crippen molar-refractivity contribution in [3.05, 3.63) is 13.6 Å². The van der Waals surface area contributed by atoms with Gasteiger partial charge in [0.15, 0.2) is 0 Å². The van der Waals surface area contributed by atoms with Gasteiger partial charge < -0.3 is 5.32 Å². The molecule has 17 heavy (non-hydrogen) atoms. The van der Waals surface area contributed by atoms with Crippen LogP contribution in [0.1, 0.15) is 6.92 Å². The molecule has 0 spiro atoms. The van der Waals surface area contributed by atoms with Crippen molar-refractivity contribution in [2.45, 2.75) is 11.8 Å². The third-order valence-electron chi connectivity index (χ3n) is 2.09. The average Bonchev–Trinajstić information content (AvgIpc) is 2.56. The highest BCUT2D eigenvalue weighted by Gasteiger charge is 2.20. The highest BCUT2D eigenvalue weighted by Crippen LogP contribution is 2.34. The van der Waals surface area contributed by atoms with Crippen LogP contribution >= 0.6 is 43.2 Å². The minimum absolute atomic E-state index is 0.246. The fourth-order valence-corrected chi connectivity index (χ4v) is 6.23. The first-order valence-corrected chi connectivity index (χ1v) is 8.84. The molecule has 1 aromatic rings. The van der Waals surface area contributed by atoms with Crippen molar-refractivity contribution in [2.24, 2.45) is 5.92 Å². The maximum atomic E-state index is 12.0. The summed E-state index contributed by atoms with van der Waals surface area (Å²) in [4.78, 5) is 0.283. The molecule has 2 N–H and O–H groups in total. The van der Waals surface area contributed by atoms with Gasteiger partial charge in [0.2, 0.25) is 10.0 Å².